The van der Waals surface area contributed by atoms with Crippen molar-refractivity contribution >= 4 is 9.84 Å². The summed E-state index contributed by atoms with van der Waals surface area (Å²) in [6.45, 7) is 7.35. The van der Waals surface area contributed by atoms with Crippen molar-refractivity contribution in [3.05, 3.63) is 25.3 Å². The third-order valence-corrected chi connectivity index (χ3v) is 5.05. The average molecular weight is 286 g/mol. The zero-order valence-electron chi connectivity index (χ0n) is 12.3. The SMILES string of the molecule is C=CCCCCCCS(=O)(=O)CCCCCCC=C. The van der Waals surface area contributed by atoms with Crippen molar-refractivity contribution < 1.29 is 8.42 Å². The molecule has 0 aromatic carbocycles. The van der Waals surface area contributed by atoms with Crippen LogP contribution in [0, 0.1) is 0 Å². The summed E-state index contributed by atoms with van der Waals surface area (Å²) >= 11 is 0. The van der Waals surface area contributed by atoms with Crippen molar-refractivity contribution in [2.24, 2.45) is 0 Å². The summed E-state index contributed by atoms with van der Waals surface area (Å²) in [6, 6.07) is 0. The molecule has 0 unspecified atom stereocenters. The van der Waals surface area contributed by atoms with Crippen molar-refractivity contribution in [3.8, 4) is 0 Å². The minimum absolute atomic E-state index is 0.369. The van der Waals surface area contributed by atoms with Gasteiger partial charge in [0, 0.05) is 0 Å². The summed E-state index contributed by atoms with van der Waals surface area (Å²) in [7, 11) is -2.81. The van der Waals surface area contributed by atoms with Gasteiger partial charge in [0.25, 0.3) is 0 Å². The molecule has 0 radical (unpaired) electrons. The normalized spacial score (nSPS) is 11.4. The van der Waals surface area contributed by atoms with Crippen LogP contribution in [-0.4, -0.2) is 19.9 Å². The highest BCUT2D eigenvalue weighted by molar-refractivity contribution is 7.91. The van der Waals surface area contributed by atoms with E-state index in [9.17, 15) is 8.42 Å². The zero-order valence-corrected chi connectivity index (χ0v) is 13.1. The fraction of sp³-hybridized carbons (Fsp3) is 0.750. The van der Waals surface area contributed by atoms with Gasteiger partial charge in [-0.25, -0.2) is 8.42 Å². The monoisotopic (exact) mass is 286 g/mol. The van der Waals surface area contributed by atoms with Crippen LogP contribution in [0.25, 0.3) is 0 Å². The zero-order chi connectivity index (χ0) is 14.4. The third kappa shape index (κ3) is 13.7. The van der Waals surface area contributed by atoms with Gasteiger partial charge < -0.3 is 0 Å². The van der Waals surface area contributed by atoms with E-state index >= 15 is 0 Å². The van der Waals surface area contributed by atoms with Gasteiger partial charge in [-0.15, -0.1) is 13.2 Å². The molecule has 0 rings (SSSR count). The van der Waals surface area contributed by atoms with E-state index in [4.69, 9.17) is 0 Å². The highest BCUT2D eigenvalue weighted by Gasteiger charge is 2.09. The van der Waals surface area contributed by atoms with E-state index in [1.807, 2.05) is 12.2 Å². The van der Waals surface area contributed by atoms with Crippen LogP contribution in [0.1, 0.15) is 64.2 Å². The Bertz CT molecular complexity index is 292. The summed E-state index contributed by atoms with van der Waals surface area (Å²) in [5.74, 6) is 0.738. The number of sulfone groups is 1. The Morgan fingerprint density at radius 2 is 1.00 bits per heavy atom. The Labute approximate surface area is 119 Å². The fourth-order valence-electron chi connectivity index (χ4n) is 2.03. The average Bonchev–Trinajstić information content (AvgIpc) is 2.38. The molecule has 0 atom stereocenters. The van der Waals surface area contributed by atoms with Crippen molar-refractivity contribution in [2.45, 2.75) is 64.2 Å². The molecule has 3 heteroatoms. The Hall–Kier alpha value is -0.570. The lowest BCUT2D eigenvalue weighted by Crippen LogP contribution is -2.11. The number of hydrogen-bond donors (Lipinski definition) is 0. The van der Waals surface area contributed by atoms with Gasteiger partial charge in [0.2, 0.25) is 0 Å². The van der Waals surface area contributed by atoms with E-state index in [0.717, 1.165) is 64.2 Å². The maximum atomic E-state index is 11.8. The maximum absolute atomic E-state index is 11.8. The summed E-state index contributed by atoms with van der Waals surface area (Å²) < 4.78 is 23.6. The van der Waals surface area contributed by atoms with Crippen LogP contribution in [0.15, 0.2) is 25.3 Å². The maximum Gasteiger partial charge on any atom is 0.150 e. The van der Waals surface area contributed by atoms with Crippen molar-refractivity contribution in [3.63, 3.8) is 0 Å². The van der Waals surface area contributed by atoms with Gasteiger partial charge >= 0.3 is 0 Å². The van der Waals surface area contributed by atoms with E-state index in [1.54, 1.807) is 0 Å². The van der Waals surface area contributed by atoms with E-state index < -0.39 is 9.84 Å². The second kappa shape index (κ2) is 12.5. The molecule has 0 saturated carbocycles. The molecule has 0 spiro atoms. The van der Waals surface area contributed by atoms with Gasteiger partial charge in [0.05, 0.1) is 11.5 Å². The summed E-state index contributed by atoms with van der Waals surface area (Å²) in [5.41, 5.74) is 0. The predicted molar refractivity (Wildman–Crippen MR) is 85.2 cm³/mol. The van der Waals surface area contributed by atoms with E-state index in [2.05, 4.69) is 13.2 Å². The van der Waals surface area contributed by atoms with Gasteiger partial charge in [-0.2, -0.15) is 0 Å². The first-order valence-corrected chi connectivity index (χ1v) is 9.37. The molecule has 19 heavy (non-hydrogen) atoms. The lowest BCUT2D eigenvalue weighted by atomic mass is 10.1. The lowest BCUT2D eigenvalue weighted by Gasteiger charge is -2.04. The summed E-state index contributed by atoms with van der Waals surface area (Å²) in [4.78, 5) is 0. The Kier molecular flexibility index (Phi) is 12.1. The quantitative estimate of drug-likeness (QED) is 0.343. The van der Waals surface area contributed by atoms with Crippen LogP contribution >= 0.6 is 0 Å². The first-order valence-electron chi connectivity index (χ1n) is 7.54. The molecule has 0 aliphatic heterocycles. The summed E-state index contributed by atoms with van der Waals surface area (Å²) in [5, 5.41) is 0. The molecule has 0 aromatic heterocycles. The van der Waals surface area contributed by atoms with Crippen LogP contribution < -0.4 is 0 Å². The number of allylic oxidation sites excluding steroid dienone is 2. The molecule has 112 valence electrons. The fourth-order valence-corrected chi connectivity index (χ4v) is 3.52. The molecule has 0 saturated heterocycles. The van der Waals surface area contributed by atoms with E-state index in [1.165, 1.54) is 0 Å². The Balaban J connectivity index is 3.47. The van der Waals surface area contributed by atoms with Crippen LogP contribution in [0.4, 0.5) is 0 Å². The van der Waals surface area contributed by atoms with Gasteiger partial charge in [-0.3, -0.25) is 0 Å². The van der Waals surface area contributed by atoms with Crippen molar-refractivity contribution in [2.75, 3.05) is 11.5 Å². The minimum Gasteiger partial charge on any atom is -0.229 e. The van der Waals surface area contributed by atoms with Crippen molar-refractivity contribution in [1.82, 2.24) is 0 Å². The molecule has 2 nitrogen and oxygen atoms in total. The number of rotatable bonds is 14. The second-order valence-electron chi connectivity index (χ2n) is 5.13. The molecule has 0 bridgehead atoms. The lowest BCUT2D eigenvalue weighted by molar-refractivity contribution is 0.580. The van der Waals surface area contributed by atoms with Gasteiger partial charge in [0.1, 0.15) is 9.84 Å². The predicted octanol–water partition coefficient (Wildman–Crippen LogP) is 4.67. The van der Waals surface area contributed by atoms with Crippen LogP contribution in [0.5, 0.6) is 0 Å². The first kappa shape index (κ1) is 18.4. The molecule has 0 fully saturated rings. The molecule has 0 aliphatic carbocycles. The largest absolute Gasteiger partial charge is 0.229 e. The minimum atomic E-state index is -2.81. The number of unbranched alkanes of at least 4 members (excludes halogenated alkanes) is 8. The Morgan fingerprint density at radius 3 is 1.37 bits per heavy atom. The van der Waals surface area contributed by atoms with E-state index in [0.29, 0.717) is 11.5 Å². The highest BCUT2D eigenvalue weighted by atomic mass is 32.2. The first-order chi connectivity index (χ1) is 9.12. The topological polar surface area (TPSA) is 34.1 Å². The van der Waals surface area contributed by atoms with Gasteiger partial charge in [-0.1, -0.05) is 37.8 Å². The van der Waals surface area contributed by atoms with Gasteiger partial charge in [-0.05, 0) is 38.5 Å². The molecular weight excluding hydrogens is 256 g/mol. The van der Waals surface area contributed by atoms with Gasteiger partial charge in [0.15, 0.2) is 0 Å². The van der Waals surface area contributed by atoms with Crippen LogP contribution in [0.2, 0.25) is 0 Å². The molecule has 0 N–H and O–H groups in total. The standard InChI is InChI=1S/C16H30O2S/c1-3-5-7-9-11-13-15-19(17,18)16-14-12-10-8-6-4-2/h3-4H,1-2,5-16H2. The van der Waals surface area contributed by atoms with Crippen LogP contribution in [-0.2, 0) is 9.84 Å². The molecule has 0 amide bonds. The molecule has 0 aromatic rings. The third-order valence-electron chi connectivity index (χ3n) is 3.23. The Morgan fingerprint density at radius 1 is 0.632 bits per heavy atom. The molecule has 0 aliphatic rings. The van der Waals surface area contributed by atoms with E-state index in [-0.39, 0.29) is 0 Å². The highest BCUT2D eigenvalue weighted by Crippen LogP contribution is 2.09. The van der Waals surface area contributed by atoms with Crippen molar-refractivity contribution in [1.29, 1.82) is 0 Å². The smallest absolute Gasteiger partial charge is 0.150 e. The molecular formula is C16H30O2S. The number of hydrogen-bond acceptors (Lipinski definition) is 2. The molecule has 0 heterocycles. The van der Waals surface area contributed by atoms with Crippen LogP contribution in [0.3, 0.4) is 0 Å². The summed E-state index contributed by atoms with van der Waals surface area (Å²) in [6.07, 6.45) is 14.1. The second-order valence-corrected chi connectivity index (χ2v) is 7.44.